The van der Waals surface area contributed by atoms with Crippen molar-refractivity contribution >= 4 is 75.1 Å². The lowest BCUT2D eigenvalue weighted by atomic mass is 10.0. The van der Waals surface area contributed by atoms with Crippen molar-refractivity contribution in [2.24, 2.45) is 0 Å². The van der Waals surface area contributed by atoms with Gasteiger partial charge in [0.25, 0.3) is 0 Å². The standard InChI is InChI=1S/C57H35N5S/c1-4-16-36(17-5-1)55-58-56(37-18-6-2-7-19-37)60-57(59-55)47-26-14-24-45-46-25-15-29-50(54(46)63-53(45)47)62-49-28-13-11-23-42(49)44-33-31-39(35-52(44)62)38-30-32-43-41-22-10-12-27-48(41)61(51(43)34-38)40-20-8-3-9-21-40/h1-35H. The Balaban J connectivity index is 1.01. The number of nitrogens with zero attached hydrogens (tertiary/aromatic N) is 5. The van der Waals surface area contributed by atoms with Gasteiger partial charge in [-0.05, 0) is 59.7 Å². The van der Waals surface area contributed by atoms with Crippen molar-refractivity contribution in [3.05, 3.63) is 212 Å². The van der Waals surface area contributed by atoms with Crippen LogP contribution < -0.4 is 0 Å². The summed E-state index contributed by atoms with van der Waals surface area (Å²) in [5.74, 6) is 1.96. The second kappa shape index (κ2) is 14.2. The minimum atomic E-state index is 0.653. The van der Waals surface area contributed by atoms with Gasteiger partial charge in [0.15, 0.2) is 17.5 Å². The first-order valence-corrected chi connectivity index (χ1v) is 22.0. The average molecular weight is 822 g/mol. The molecule has 0 saturated carbocycles. The SMILES string of the molecule is c1ccc(-c2nc(-c3ccccc3)nc(-c3cccc4c3sc3c(-n5c6ccccc6c6ccc(-c7ccc8c9ccccc9n(-c9ccccc9)c8c7)cc65)cccc34)n2)cc1. The molecule has 0 N–H and O–H groups in total. The molecular formula is C57H35N5S. The molecule has 0 unspecified atom stereocenters. The molecule has 294 valence electrons. The molecule has 0 fully saturated rings. The molecule has 9 aromatic carbocycles. The molecule has 5 nitrogen and oxygen atoms in total. The van der Waals surface area contributed by atoms with E-state index in [0.717, 1.165) is 32.8 Å². The van der Waals surface area contributed by atoms with Gasteiger partial charge in [-0.3, -0.25) is 0 Å². The maximum atomic E-state index is 5.14. The van der Waals surface area contributed by atoms with Crippen LogP contribution >= 0.6 is 11.3 Å². The third-order valence-corrected chi connectivity index (χ3v) is 13.7. The summed E-state index contributed by atoms with van der Waals surface area (Å²) in [4.78, 5) is 15.3. The first-order valence-electron chi connectivity index (χ1n) is 21.2. The van der Waals surface area contributed by atoms with Crippen molar-refractivity contribution in [2.45, 2.75) is 0 Å². The van der Waals surface area contributed by atoms with E-state index in [-0.39, 0.29) is 0 Å². The lowest BCUT2D eigenvalue weighted by Gasteiger charge is -2.11. The maximum Gasteiger partial charge on any atom is 0.165 e. The number of thiophene rings is 1. The zero-order valence-electron chi connectivity index (χ0n) is 33.9. The molecule has 13 aromatic rings. The van der Waals surface area contributed by atoms with Gasteiger partial charge in [-0.1, -0.05) is 164 Å². The van der Waals surface area contributed by atoms with Crippen LogP contribution in [0.25, 0.3) is 120 Å². The number of fused-ring (bicyclic) bond motifs is 9. The van der Waals surface area contributed by atoms with E-state index in [1.54, 1.807) is 0 Å². The van der Waals surface area contributed by atoms with E-state index in [0.29, 0.717) is 17.5 Å². The normalized spacial score (nSPS) is 11.8. The minimum Gasteiger partial charge on any atom is -0.309 e. The summed E-state index contributed by atoms with van der Waals surface area (Å²) >= 11 is 1.81. The summed E-state index contributed by atoms with van der Waals surface area (Å²) in [5.41, 5.74) is 12.3. The number of aromatic nitrogens is 5. The summed E-state index contributed by atoms with van der Waals surface area (Å²) in [5, 5.41) is 7.33. The second-order valence-electron chi connectivity index (χ2n) is 16.0. The Bertz CT molecular complexity index is 3850. The molecule has 63 heavy (non-hydrogen) atoms. The van der Waals surface area contributed by atoms with E-state index < -0.39 is 0 Å². The highest BCUT2D eigenvalue weighted by Crippen LogP contribution is 2.45. The molecule has 0 aliphatic heterocycles. The predicted octanol–water partition coefficient (Wildman–Crippen LogP) is 15.1. The van der Waals surface area contributed by atoms with Crippen molar-refractivity contribution in [3.63, 3.8) is 0 Å². The molecule has 6 heteroatoms. The first kappa shape index (κ1) is 35.6. The third kappa shape index (κ3) is 5.66. The Kier molecular flexibility index (Phi) is 8.01. The highest BCUT2D eigenvalue weighted by Gasteiger charge is 2.21. The van der Waals surface area contributed by atoms with Crippen molar-refractivity contribution in [1.29, 1.82) is 0 Å². The molecule has 0 aliphatic carbocycles. The minimum absolute atomic E-state index is 0.653. The second-order valence-corrected chi connectivity index (χ2v) is 17.0. The Hall–Kier alpha value is -8.19. The molecule has 0 saturated heterocycles. The van der Waals surface area contributed by atoms with Gasteiger partial charge in [0.05, 0.1) is 32.5 Å². The van der Waals surface area contributed by atoms with Gasteiger partial charge in [-0.2, -0.15) is 0 Å². The van der Waals surface area contributed by atoms with Crippen LogP contribution in [-0.2, 0) is 0 Å². The molecular weight excluding hydrogens is 787 g/mol. The van der Waals surface area contributed by atoms with Gasteiger partial charge in [0.2, 0.25) is 0 Å². The highest BCUT2D eigenvalue weighted by atomic mass is 32.1. The van der Waals surface area contributed by atoms with E-state index >= 15 is 0 Å². The quantitative estimate of drug-likeness (QED) is 0.168. The fourth-order valence-electron chi connectivity index (χ4n) is 9.50. The van der Waals surface area contributed by atoms with Crippen LogP contribution in [0.3, 0.4) is 0 Å². The van der Waals surface area contributed by atoms with Crippen molar-refractivity contribution < 1.29 is 0 Å². The lowest BCUT2D eigenvalue weighted by Crippen LogP contribution is -2.00. The number of benzene rings is 9. The van der Waals surface area contributed by atoms with Crippen molar-refractivity contribution in [1.82, 2.24) is 24.1 Å². The first-order chi connectivity index (χ1) is 31.2. The van der Waals surface area contributed by atoms with Crippen LogP contribution in [0.15, 0.2) is 212 Å². The summed E-state index contributed by atoms with van der Waals surface area (Å²) in [6, 6.07) is 75.6. The van der Waals surface area contributed by atoms with E-state index in [2.05, 4.69) is 185 Å². The summed E-state index contributed by atoms with van der Waals surface area (Å²) < 4.78 is 7.21. The average Bonchev–Trinajstić information content (AvgIpc) is 4.02. The number of para-hydroxylation sites is 3. The molecule has 0 atom stereocenters. The molecule has 0 bridgehead atoms. The van der Waals surface area contributed by atoms with Crippen LogP contribution in [-0.4, -0.2) is 24.1 Å². The van der Waals surface area contributed by atoms with Gasteiger partial charge in [0, 0.05) is 59.4 Å². The Morgan fingerprint density at radius 1 is 0.302 bits per heavy atom. The summed E-state index contributed by atoms with van der Waals surface area (Å²) in [6.07, 6.45) is 0. The van der Waals surface area contributed by atoms with E-state index in [4.69, 9.17) is 15.0 Å². The van der Waals surface area contributed by atoms with E-state index in [9.17, 15) is 0 Å². The van der Waals surface area contributed by atoms with Crippen molar-refractivity contribution in [2.75, 3.05) is 0 Å². The molecule has 0 spiro atoms. The molecule has 0 aliphatic rings. The number of hydrogen-bond acceptors (Lipinski definition) is 4. The predicted molar refractivity (Wildman–Crippen MR) is 263 cm³/mol. The molecule has 0 radical (unpaired) electrons. The number of rotatable bonds is 6. The zero-order chi connectivity index (χ0) is 41.4. The molecule has 4 aromatic heterocycles. The van der Waals surface area contributed by atoms with Crippen molar-refractivity contribution in [3.8, 4) is 56.7 Å². The van der Waals surface area contributed by atoms with E-state index in [1.807, 2.05) is 47.7 Å². The zero-order valence-corrected chi connectivity index (χ0v) is 34.7. The Labute approximate surface area is 366 Å². The Morgan fingerprint density at radius 3 is 1.38 bits per heavy atom. The van der Waals surface area contributed by atoms with Gasteiger partial charge in [-0.15, -0.1) is 11.3 Å². The van der Waals surface area contributed by atoms with Gasteiger partial charge >= 0.3 is 0 Å². The van der Waals surface area contributed by atoms with Crippen LogP contribution in [0.1, 0.15) is 0 Å². The lowest BCUT2D eigenvalue weighted by molar-refractivity contribution is 1.08. The van der Waals surface area contributed by atoms with E-state index in [1.165, 1.54) is 70.2 Å². The monoisotopic (exact) mass is 821 g/mol. The summed E-state index contributed by atoms with van der Waals surface area (Å²) in [7, 11) is 0. The summed E-state index contributed by atoms with van der Waals surface area (Å²) in [6.45, 7) is 0. The molecule has 13 rings (SSSR count). The van der Waals surface area contributed by atoms with Gasteiger partial charge in [0.1, 0.15) is 0 Å². The largest absolute Gasteiger partial charge is 0.309 e. The van der Waals surface area contributed by atoms with Crippen LogP contribution in [0, 0.1) is 0 Å². The van der Waals surface area contributed by atoms with Crippen LogP contribution in [0.4, 0.5) is 0 Å². The number of hydrogen-bond donors (Lipinski definition) is 0. The van der Waals surface area contributed by atoms with Gasteiger partial charge < -0.3 is 9.13 Å². The maximum absolute atomic E-state index is 5.14. The molecule has 4 heterocycles. The Morgan fingerprint density at radius 2 is 0.762 bits per heavy atom. The van der Waals surface area contributed by atoms with Gasteiger partial charge in [-0.25, -0.2) is 15.0 Å². The van der Waals surface area contributed by atoms with Crippen LogP contribution in [0.5, 0.6) is 0 Å². The third-order valence-electron chi connectivity index (χ3n) is 12.4. The fraction of sp³-hybridized carbons (Fsp3) is 0. The highest BCUT2D eigenvalue weighted by molar-refractivity contribution is 7.26. The van der Waals surface area contributed by atoms with Crippen LogP contribution in [0.2, 0.25) is 0 Å². The fourth-order valence-corrected chi connectivity index (χ4v) is 10.8. The topological polar surface area (TPSA) is 48.5 Å². The smallest absolute Gasteiger partial charge is 0.165 e. The molecule has 0 amide bonds.